The summed E-state index contributed by atoms with van der Waals surface area (Å²) in [5.74, 6) is 0.206. The van der Waals surface area contributed by atoms with E-state index in [9.17, 15) is 4.79 Å². The summed E-state index contributed by atoms with van der Waals surface area (Å²) in [6, 6.07) is 0. The third kappa shape index (κ3) is 3.04. The van der Waals surface area contributed by atoms with Crippen LogP contribution in [0, 0.1) is 0 Å². The topological polar surface area (TPSA) is 40.5 Å². The second-order valence-corrected chi connectivity index (χ2v) is 4.53. The molecule has 0 spiro atoms. The highest BCUT2D eigenvalue weighted by molar-refractivity contribution is 8.00. The lowest BCUT2D eigenvalue weighted by Crippen LogP contribution is -2.34. The highest BCUT2D eigenvalue weighted by Crippen LogP contribution is 2.23. The molecule has 0 aromatic heterocycles. The van der Waals surface area contributed by atoms with Gasteiger partial charge >= 0.3 is 5.97 Å². The second kappa shape index (κ2) is 4.67. The normalized spacial score (nSPS) is 23.1. The first-order valence-corrected chi connectivity index (χ1v) is 5.38. The third-order valence-electron chi connectivity index (χ3n) is 1.93. The van der Waals surface area contributed by atoms with Crippen molar-refractivity contribution in [2.24, 2.45) is 0 Å². The lowest BCUT2D eigenvalue weighted by Gasteiger charge is -2.17. The first-order valence-electron chi connectivity index (χ1n) is 4.33. The van der Waals surface area contributed by atoms with E-state index in [4.69, 9.17) is 5.11 Å². The smallest absolute Gasteiger partial charge is 0.331 e. The van der Waals surface area contributed by atoms with E-state index in [0.29, 0.717) is 0 Å². The maximum Gasteiger partial charge on any atom is 0.331 e. The van der Waals surface area contributed by atoms with Gasteiger partial charge in [-0.15, -0.1) is 11.8 Å². The van der Waals surface area contributed by atoms with E-state index in [0.717, 1.165) is 18.8 Å². The SMILES string of the molecule is CC(C)=CCN1CCSC1C(=O)O. The van der Waals surface area contributed by atoms with E-state index in [1.165, 1.54) is 17.3 Å². The number of carboxylic acid groups (broad SMARTS) is 1. The fraction of sp³-hybridized carbons (Fsp3) is 0.667. The molecule has 74 valence electrons. The van der Waals surface area contributed by atoms with Gasteiger partial charge in [0, 0.05) is 18.8 Å². The summed E-state index contributed by atoms with van der Waals surface area (Å²) in [6.07, 6.45) is 2.07. The Morgan fingerprint density at radius 1 is 1.69 bits per heavy atom. The van der Waals surface area contributed by atoms with Gasteiger partial charge < -0.3 is 5.11 Å². The molecule has 4 heteroatoms. The average molecular weight is 201 g/mol. The molecule has 1 aliphatic heterocycles. The predicted molar refractivity (Wildman–Crippen MR) is 54.9 cm³/mol. The van der Waals surface area contributed by atoms with Crippen molar-refractivity contribution in [2.45, 2.75) is 19.2 Å². The molecule has 1 atom stereocenters. The summed E-state index contributed by atoms with van der Waals surface area (Å²) >= 11 is 1.51. The van der Waals surface area contributed by atoms with E-state index in [-0.39, 0.29) is 5.37 Å². The molecule has 1 fully saturated rings. The zero-order valence-corrected chi connectivity index (χ0v) is 8.80. The van der Waals surface area contributed by atoms with Gasteiger partial charge in [-0.2, -0.15) is 0 Å². The highest BCUT2D eigenvalue weighted by atomic mass is 32.2. The minimum atomic E-state index is -0.718. The van der Waals surface area contributed by atoms with Crippen molar-refractivity contribution in [2.75, 3.05) is 18.8 Å². The number of nitrogens with zero attached hydrogens (tertiary/aromatic N) is 1. The summed E-state index contributed by atoms with van der Waals surface area (Å²) in [4.78, 5) is 12.8. The van der Waals surface area contributed by atoms with E-state index in [1.54, 1.807) is 0 Å². The molecule has 0 saturated carbocycles. The number of aliphatic carboxylic acids is 1. The highest BCUT2D eigenvalue weighted by Gasteiger charge is 2.29. The van der Waals surface area contributed by atoms with Crippen LogP contribution in [0.15, 0.2) is 11.6 Å². The van der Waals surface area contributed by atoms with Crippen LogP contribution in [0.2, 0.25) is 0 Å². The second-order valence-electron chi connectivity index (χ2n) is 3.34. The fourth-order valence-corrected chi connectivity index (χ4v) is 2.33. The van der Waals surface area contributed by atoms with Crippen molar-refractivity contribution in [3.8, 4) is 0 Å². The molecule has 1 unspecified atom stereocenters. The van der Waals surface area contributed by atoms with Gasteiger partial charge in [0.1, 0.15) is 0 Å². The Morgan fingerprint density at radius 3 is 2.92 bits per heavy atom. The number of carbonyl (C=O) groups is 1. The summed E-state index contributed by atoms with van der Waals surface area (Å²) in [5.41, 5.74) is 1.24. The van der Waals surface area contributed by atoms with Crippen molar-refractivity contribution in [3.63, 3.8) is 0 Å². The van der Waals surface area contributed by atoms with Gasteiger partial charge in [0.15, 0.2) is 5.37 Å². The molecule has 0 aromatic rings. The standard InChI is InChI=1S/C9H15NO2S/c1-7(2)3-4-10-5-6-13-8(10)9(11)12/h3,8H,4-6H2,1-2H3,(H,11,12). The Morgan fingerprint density at radius 2 is 2.38 bits per heavy atom. The molecule has 3 nitrogen and oxygen atoms in total. The molecule has 1 rings (SSSR count). The minimum absolute atomic E-state index is 0.337. The number of allylic oxidation sites excluding steroid dienone is 1. The zero-order chi connectivity index (χ0) is 9.84. The number of hydrogen-bond donors (Lipinski definition) is 1. The quantitative estimate of drug-likeness (QED) is 0.701. The molecule has 0 bridgehead atoms. The van der Waals surface area contributed by atoms with Crippen molar-refractivity contribution < 1.29 is 9.90 Å². The number of hydrogen-bond acceptors (Lipinski definition) is 3. The largest absolute Gasteiger partial charge is 0.479 e. The van der Waals surface area contributed by atoms with E-state index in [1.807, 2.05) is 18.7 Å². The van der Waals surface area contributed by atoms with Crippen LogP contribution in [-0.2, 0) is 4.79 Å². The molecule has 0 aliphatic carbocycles. The summed E-state index contributed by atoms with van der Waals surface area (Å²) in [5, 5.41) is 8.53. The summed E-state index contributed by atoms with van der Waals surface area (Å²) < 4.78 is 0. The van der Waals surface area contributed by atoms with Crippen LogP contribution in [0.5, 0.6) is 0 Å². The van der Waals surface area contributed by atoms with Gasteiger partial charge in [0.25, 0.3) is 0 Å². The van der Waals surface area contributed by atoms with Gasteiger partial charge in [0.2, 0.25) is 0 Å². The van der Waals surface area contributed by atoms with Crippen molar-refractivity contribution in [3.05, 3.63) is 11.6 Å². The number of thioether (sulfide) groups is 1. The third-order valence-corrected chi connectivity index (χ3v) is 3.16. The lowest BCUT2D eigenvalue weighted by molar-refractivity contribution is -0.139. The van der Waals surface area contributed by atoms with Crippen molar-refractivity contribution in [1.29, 1.82) is 0 Å². The van der Waals surface area contributed by atoms with Crippen LogP contribution in [0.25, 0.3) is 0 Å². The van der Waals surface area contributed by atoms with Crippen LogP contribution in [0.3, 0.4) is 0 Å². The predicted octanol–water partition coefficient (Wildman–Crippen LogP) is 1.41. The molecular weight excluding hydrogens is 186 g/mol. The Labute approximate surface area is 82.8 Å². The van der Waals surface area contributed by atoms with Crippen molar-refractivity contribution in [1.82, 2.24) is 4.90 Å². The van der Waals surface area contributed by atoms with E-state index < -0.39 is 5.97 Å². The van der Waals surface area contributed by atoms with Crippen LogP contribution >= 0.6 is 11.8 Å². The monoisotopic (exact) mass is 201 g/mol. The maximum absolute atomic E-state index is 10.8. The molecule has 0 radical (unpaired) electrons. The molecule has 1 N–H and O–H groups in total. The summed E-state index contributed by atoms with van der Waals surface area (Å²) in [6.45, 7) is 5.69. The Balaban J connectivity index is 2.49. The van der Waals surface area contributed by atoms with E-state index >= 15 is 0 Å². The fourth-order valence-electron chi connectivity index (χ4n) is 1.22. The van der Waals surface area contributed by atoms with Crippen molar-refractivity contribution >= 4 is 17.7 Å². The first-order chi connectivity index (χ1) is 6.11. The van der Waals surface area contributed by atoms with Crippen LogP contribution < -0.4 is 0 Å². The first kappa shape index (κ1) is 10.6. The Kier molecular flexibility index (Phi) is 3.81. The van der Waals surface area contributed by atoms with Crippen LogP contribution in [0.4, 0.5) is 0 Å². The lowest BCUT2D eigenvalue weighted by atomic mass is 10.3. The molecule has 1 saturated heterocycles. The van der Waals surface area contributed by atoms with Gasteiger partial charge in [-0.1, -0.05) is 11.6 Å². The van der Waals surface area contributed by atoms with Crippen LogP contribution in [0.1, 0.15) is 13.8 Å². The maximum atomic E-state index is 10.8. The molecular formula is C9H15NO2S. The minimum Gasteiger partial charge on any atom is -0.479 e. The zero-order valence-electron chi connectivity index (χ0n) is 7.99. The molecule has 0 amide bonds. The van der Waals surface area contributed by atoms with Crippen LogP contribution in [-0.4, -0.2) is 40.2 Å². The summed E-state index contributed by atoms with van der Waals surface area (Å²) in [7, 11) is 0. The Hall–Kier alpha value is -0.480. The Bertz CT molecular complexity index is 224. The number of carboxylic acids is 1. The van der Waals surface area contributed by atoms with Gasteiger partial charge in [-0.3, -0.25) is 4.90 Å². The molecule has 0 aromatic carbocycles. The molecule has 1 aliphatic rings. The average Bonchev–Trinajstić information content (AvgIpc) is 2.47. The molecule has 13 heavy (non-hydrogen) atoms. The molecule has 1 heterocycles. The van der Waals surface area contributed by atoms with Gasteiger partial charge in [-0.05, 0) is 13.8 Å². The van der Waals surface area contributed by atoms with E-state index in [2.05, 4.69) is 6.08 Å². The van der Waals surface area contributed by atoms with Gasteiger partial charge in [0.05, 0.1) is 0 Å². The van der Waals surface area contributed by atoms with Gasteiger partial charge in [-0.25, -0.2) is 4.79 Å². The number of rotatable bonds is 3.